The Bertz CT molecular complexity index is 959. The molecule has 7 atom stereocenters. The van der Waals surface area contributed by atoms with Crippen LogP contribution in [0.25, 0.3) is 0 Å². The highest BCUT2D eigenvalue weighted by molar-refractivity contribution is 9.09. The van der Waals surface area contributed by atoms with Gasteiger partial charge in [-0.15, -0.1) is 0 Å². The molecule has 3 fully saturated rings. The molecule has 186 valence electrons. The van der Waals surface area contributed by atoms with Crippen molar-refractivity contribution >= 4 is 51.0 Å². The van der Waals surface area contributed by atoms with Gasteiger partial charge in [-0.1, -0.05) is 41.4 Å². The zero-order valence-electron chi connectivity index (χ0n) is 19.4. The quantitative estimate of drug-likeness (QED) is 0.376. The molecule has 0 aliphatic carbocycles. The van der Waals surface area contributed by atoms with E-state index in [0.29, 0.717) is 23.6 Å². The molecule has 0 aromatic heterocycles. The summed E-state index contributed by atoms with van der Waals surface area (Å²) in [6.45, 7) is 5.57. The third kappa shape index (κ3) is 4.14. The number of carbonyl (C=O) groups excluding carboxylic acids is 3. The molecular weight excluding hydrogens is 528 g/mol. The van der Waals surface area contributed by atoms with Crippen molar-refractivity contribution in [2.75, 3.05) is 18.5 Å². The first kappa shape index (κ1) is 25.4. The molecule has 3 aliphatic rings. The van der Waals surface area contributed by atoms with Crippen LogP contribution in [0.5, 0.6) is 0 Å². The number of likely N-dealkylation sites (tertiary alicyclic amines) is 1. The van der Waals surface area contributed by atoms with Gasteiger partial charge in [0.25, 0.3) is 0 Å². The van der Waals surface area contributed by atoms with E-state index >= 15 is 0 Å². The number of hydrogen-bond donors (Lipinski definition) is 2. The zero-order chi connectivity index (χ0) is 24.8. The van der Waals surface area contributed by atoms with Gasteiger partial charge in [0.2, 0.25) is 11.8 Å². The monoisotopic (exact) mass is 556 g/mol. The highest BCUT2D eigenvalue weighted by Crippen LogP contribution is 2.60. The van der Waals surface area contributed by atoms with Gasteiger partial charge in [0.15, 0.2) is 0 Å². The van der Waals surface area contributed by atoms with Gasteiger partial charge in [0.05, 0.1) is 37.2 Å². The van der Waals surface area contributed by atoms with Crippen molar-refractivity contribution in [1.29, 1.82) is 0 Å². The first-order valence-corrected chi connectivity index (χ1v) is 12.9. The van der Waals surface area contributed by atoms with E-state index in [0.717, 1.165) is 0 Å². The van der Waals surface area contributed by atoms with E-state index in [1.165, 1.54) is 4.90 Å². The highest BCUT2D eigenvalue weighted by Gasteiger charge is 2.77. The molecule has 3 heterocycles. The lowest BCUT2D eigenvalue weighted by molar-refractivity contribution is -0.155. The lowest BCUT2D eigenvalue weighted by Crippen LogP contribution is -2.56. The van der Waals surface area contributed by atoms with Crippen molar-refractivity contribution < 1.29 is 29.0 Å². The summed E-state index contributed by atoms with van der Waals surface area (Å²) in [5, 5.41) is 13.6. The smallest absolute Gasteiger partial charge is 0.312 e. The number of fused-ring (bicyclic) bond motifs is 1. The van der Waals surface area contributed by atoms with Crippen LogP contribution < -0.4 is 5.32 Å². The number of nitrogens with one attached hydrogen (secondary N) is 1. The summed E-state index contributed by atoms with van der Waals surface area (Å²) in [6.07, 6.45) is 0.318. The van der Waals surface area contributed by atoms with Gasteiger partial charge in [0.1, 0.15) is 11.6 Å². The van der Waals surface area contributed by atoms with Crippen LogP contribution in [0.3, 0.4) is 0 Å². The molecule has 1 aromatic rings. The van der Waals surface area contributed by atoms with Crippen LogP contribution in [0.1, 0.15) is 33.6 Å². The molecule has 34 heavy (non-hydrogen) atoms. The molecular formula is C24H30BrClN2O6. The fourth-order valence-corrected chi connectivity index (χ4v) is 6.90. The van der Waals surface area contributed by atoms with E-state index in [1.807, 2.05) is 13.8 Å². The summed E-state index contributed by atoms with van der Waals surface area (Å²) in [6, 6.07) is 5.07. The molecule has 1 spiro atoms. The topological polar surface area (TPSA) is 105 Å². The predicted octanol–water partition coefficient (Wildman–Crippen LogP) is 3.00. The number of alkyl halides is 1. The third-order valence-corrected chi connectivity index (χ3v) is 8.09. The standard InChI is InChI=1S/C24H30BrClN2O6/c1-4-33-23(32)17-18-22(31)28(15(11-29)9-12(2)3)20(24(18)10-16(25)19(17)34-24)21(30)27-14-7-5-13(26)6-8-14/h5-8,12,15-20,29H,4,9-11H2,1-3H3,(H,27,30)/t15-,16?,17+,18+,19+,20?,24?/m1/s1. The van der Waals surface area contributed by atoms with E-state index in [4.69, 9.17) is 21.1 Å². The van der Waals surface area contributed by atoms with Gasteiger partial charge in [-0.05, 0) is 49.9 Å². The van der Waals surface area contributed by atoms with Crippen LogP contribution in [-0.2, 0) is 23.9 Å². The van der Waals surface area contributed by atoms with Crippen molar-refractivity contribution in [3.8, 4) is 0 Å². The van der Waals surface area contributed by atoms with E-state index in [9.17, 15) is 19.5 Å². The number of nitrogens with zero attached hydrogens (tertiary/aromatic N) is 1. The molecule has 2 N–H and O–H groups in total. The number of halogens is 2. The molecule has 0 saturated carbocycles. The third-order valence-electron chi connectivity index (χ3n) is 6.99. The van der Waals surface area contributed by atoms with E-state index in [2.05, 4.69) is 21.2 Å². The molecule has 4 rings (SSSR count). The van der Waals surface area contributed by atoms with E-state index in [1.54, 1.807) is 31.2 Å². The molecule has 3 unspecified atom stereocenters. The van der Waals surface area contributed by atoms with Crippen LogP contribution in [0.15, 0.2) is 24.3 Å². The molecule has 2 bridgehead atoms. The maximum Gasteiger partial charge on any atom is 0.312 e. The first-order chi connectivity index (χ1) is 16.1. The summed E-state index contributed by atoms with van der Waals surface area (Å²) in [4.78, 5) is 41.9. The number of aliphatic hydroxyl groups is 1. The Morgan fingerprint density at radius 2 is 2.03 bits per heavy atom. The van der Waals surface area contributed by atoms with Gasteiger partial charge < -0.3 is 24.8 Å². The number of benzene rings is 1. The number of anilines is 1. The summed E-state index contributed by atoms with van der Waals surface area (Å²) in [7, 11) is 0. The minimum atomic E-state index is -1.20. The Labute approximate surface area is 212 Å². The number of ether oxygens (including phenoxy) is 2. The van der Waals surface area contributed by atoms with Gasteiger partial charge >= 0.3 is 5.97 Å². The average molecular weight is 558 g/mol. The van der Waals surface area contributed by atoms with Crippen LogP contribution in [0.2, 0.25) is 5.02 Å². The highest BCUT2D eigenvalue weighted by atomic mass is 79.9. The summed E-state index contributed by atoms with van der Waals surface area (Å²) < 4.78 is 11.7. The SMILES string of the molecule is CCOC(=O)[C@H]1[C@H]2C(=O)N([C@@H](CO)CC(C)C)C(C(=O)Nc3ccc(Cl)cc3)C23CC(Br)[C@@H]1O3. The second kappa shape index (κ2) is 9.76. The van der Waals surface area contributed by atoms with Crippen molar-refractivity contribution in [2.24, 2.45) is 17.8 Å². The summed E-state index contributed by atoms with van der Waals surface area (Å²) >= 11 is 9.59. The maximum atomic E-state index is 13.9. The number of esters is 1. The lowest BCUT2D eigenvalue weighted by atomic mass is 9.70. The predicted molar refractivity (Wildman–Crippen MR) is 130 cm³/mol. The molecule has 2 amide bonds. The molecule has 3 aliphatic heterocycles. The number of rotatable bonds is 8. The Kier molecular flexibility index (Phi) is 7.29. The molecule has 0 radical (unpaired) electrons. The summed E-state index contributed by atoms with van der Waals surface area (Å²) in [5.41, 5.74) is -0.676. The van der Waals surface area contributed by atoms with Crippen molar-refractivity contribution in [3.05, 3.63) is 29.3 Å². The Hall–Kier alpha value is -1.68. The molecule has 8 nitrogen and oxygen atoms in total. The lowest BCUT2D eigenvalue weighted by Gasteiger charge is -2.37. The zero-order valence-corrected chi connectivity index (χ0v) is 21.7. The molecule has 3 saturated heterocycles. The maximum absolute atomic E-state index is 13.9. The Morgan fingerprint density at radius 3 is 2.62 bits per heavy atom. The van der Waals surface area contributed by atoms with Crippen LogP contribution in [-0.4, -0.2) is 69.6 Å². The number of hydrogen-bond acceptors (Lipinski definition) is 6. The Morgan fingerprint density at radius 1 is 1.35 bits per heavy atom. The van der Waals surface area contributed by atoms with Crippen molar-refractivity contribution in [1.82, 2.24) is 4.90 Å². The van der Waals surface area contributed by atoms with Gasteiger partial charge in [0, 0.05) is 15.5 Å². The second-order valence-corrected chi connectivity index (χ2v) is 11.2. The van der Waals surface area contributed by atoms with Crippen LogP contribution in [0, 0.1) is 17.8 Å². The van der Waals surface area contributed by atoms with Crippen LogP contribution >= 0.6 is 27.5 Å². The van der Waals surface area contributed by atoms with Crippen LogP contribution in [0.4, 0.5) is 5.69 Å². The number of carbonyl (C=O) groups is 3. The number of aliphatic hydroxyl groups excluding tert-OH is 1. The normalized spacial score (nSPS) is 32.7. The second-order valence-electron chi connectivity index (χ2n) is 9.62. The minimum Gasteiger partial charge on any atom is -0.466 e. The minimum absolute atomic E-state index is 0.171. The van der Waals surface area contributed by atoms with Crippen molar-refractivity contribution in [3.63, 3.8) is 0 Å². The van der Waals surface area contributed by atoms with E-state index in [-0.39, 0.29) is 29.9 Å². The fourth-order valence-electron chi connectivity index (χ4n) is 5.83. The Balaban J connectivity index is 1.76. The average Bonchev–Trinajstić information content (AvgIpc) is 3.37. The first-order valence-electron chi connectivity index (χ1n) is 11.6. The fraction of sp³-hybridized carbons (Fsp3) is 0.625. The molecule has 1 aromatic carbocycles. The summed E-state index contributed by atoms with van der Waals surface area (Å²) in [5.74, 6) is -2.78. The largest absolute Gasteiger partial charge is 0.466 e. The van der Waals surface area contributed by atoms with Gasteiger partial charge in [-0.3, -0.25) is 14.4 Å². The van der Waals surface area contributed by atoms with E-state index < -0.39 is 47.5 Å². The van der Waals surface area contributed by atoms with Gasteiger partial charge in [-0.2, -0.15) is 0 Å². The molecule has 10 heteroatoms. The van der Waals surface area contributed by atoms with Gasteiger partial charge in [-0.25, -0.2) is 0 Å². The van der Waals surface area contributed by atoms with Crippen molar-refractivity contribution in [2.45, 2.75) is 62.2 Å². The number of amides is 2.